The average Bonchev–Trinajstić information content (AvgIpc) is 2.84. The van der Waals surface area contributed by atoms with Gasteiger partial charge in [-0.2, -0.15) is 13.2 Å². The van der Waals surface area contributed by atoms with Crippen molar-refractivity contribution in [3.8, 4) is 11.5 Å². The molecule has 0 saturated carbocycles. The number of hydrogen-bond donors (Lipinski definition) is 2. The third-order valence-corrected chi connectivity index (χ3v) is 5.16. The summed E-state index contributed by atoms with van der Waals surface area (Å²) in [7, 11) is -4.26. The van der Waals surface area contributed by atoms with Gasteiger partial charge < -0.3 is 14.8 Å². The van der Waals surface area contributed by atoms with Crippen LogP contribution in [0.2, 0.25) is 5.02 Å². The summed E-state index contributed by atoms with van der Waals surface area (Å²) in [5, 5.41) is 7.86. The van der Waals surface area contributed by atoms with Crippen molar-refractivity contribution in [3.05, 3.63) is 46.5 Å². The number of nitrogens with one attached hydrogen (secondary N) is 1. The molecule has 0 radical (unpaired) electrons. The molecule has 3 N–H and O–H groups in total. The topological polar surface area (TPSA) is 90.7 Å². The number of sulfonamides is 1. The van der Waals surface area contributed by atoms with E-state index in [1.807, 2.05) is 0 Å². The Labute approximate surface area is 164 Å². The van der Waals surface area contributed by atoms with Crippen LogP contribution < -0.4 is 19.9 Å². The maximum absolute atomic E-state index is 13.3. The van der Waals surface area contributed by atoms with Gasteiger partial charge in [-0.1, -0.05) is 11.6 Å². The lowest BCUT2D eigenvalue weighted by Gasteiger charge is -2.17. The molecule has 0 bridgehead atoms. The van der Waals surface area contributed by atoms with E-state index in [0.29, 0.717) is 42.8 Å². The number of nitrogens with two attached hydrogens (primary N) is 1. The first-order valence-electron chi connectivity index (χ1n) is 8.11. The highest BCUT2D eigenvalue weighted by atomic mass is 35.5. The van der Waals surface area contributed by atoms with Gasteiger partial charge in [0.1, 0.15) is 0 Å². The van der Waals surface area contributed by atoms with Crippen LogP contribution >= 0.6 is 11.6 Å². The van der Waals surface area contributed by atoms with Gasteiger partial charge in [-0.05, 0) is 35.9 Å². The van der Waals surface area contributed by atoms with E-state index in [0.717, 1.165) is 12.1 Å². The minimum Gasteiger partial charge on any atom is -0.489 e. The van der Waals surface area contributed by atoms with Gasteiger partial charge in [0.05, 0.1) is 28.7 Å². The van der Waals surface area contributed by atoms with Crippen LogP contribution in [0.15, 0.2) is 35.2 Å². The maximum atomic E-state index is 13.3. The van der Waals surface area contributed by atoms with Gasteiger partial charge in [0.15, 0.2) is 11.5 Å². The molecule has 0 fully saturated rings. The number of alkyl halides is 3. The Balaban J connectivity index is 1.89. The molecule has 0 amide bonds. The zero-order valence-corrected chi connectivity index (χ0v) is 15.9. The Hall–Kier alpha value is -2.17. The summed E-state index contributed by atoms with van der Waals surface area (Å²) in [6.45, 7) is 0.886. The fourth-order valence-electron chi connectivity index (χ4n) is 2.67. The molecule has 0 saturated heterocycles. The highest BCUT2D eigenvalue weighted by Gasteiger charge is 2.34. The van der Waals surface area contributed by atoms with Gasteiger partial charge >= 0.3 is 6.18 Å². The van der Waals surface area contributed by atoms with Crippen LogP contribution in [-0.4, -0.2) is 21.6 Å². The fourth-order valence-corrected chi connectivity index (χ4v) is 3.50. The molecule has 28 heavy (non-hydrogen) atoms. The van der Waals surface area contributed by atoms with Crippen LogP contribution in [0.4, 0.5) is 18.9 Å². The summed E-state index contributed by atoms with van der Waals surface area (Å²) in [6.07, 6.45) is -4.09. The largest absolute Gasteiger partial charge is 0.489 e. The SMILES string of the molecule is NS(=O)(=O)c1ccc(NCc2cc(Cl)c3c(c2)OCCCO3)c(C(F)(F)F)c1. The lowest BCUT2D eigenvalue weighted by molar-refractivity contribution is -0.137. The quantitative estimate of drug-likeness (QED) is 0.761. The van der Waals surface area contributed by atoms with Gasteiger partial charge in [0.2, 0.25) is 10.0 Å². The van der Waals surface area contributed by atoms with Crippen molar-refractivity contribution < 1.29 is 31.1 Å². The van der Waals surface area contributed by atoms with Crippen molar-refractivity contribution in [2.24, 2.45) is 5.14 Å². The Morgan fingerprint density at radius 1 is 1.14 bits per heavy atom. The summed E-state index contributed by atoms with van der Waals surface area (Å²) in [4.78, 5) is -0.621. The Morgan fingerprint density at radius 3 is 2.54 bits per heavy atom. The first-order valence-corrected chi connectivity index (χ1v) is 10.0. The molecule has 0 spiro atoms. The number of ether oxygens (including phenoxy) is 2. The first-order chi connectivity index (χ1) is 13.1. The summed E-state index contributed by atoms with van der Waals surface area (Å²) < 4.78 is 73.8. The highest BCUT2D eigenvalue weighted by Crippen LogP contribution is 2.39. The summed E-state index contributed by atoms with van der Waals surface area (Å²) in [5.74, 6) is 0.818. The summed E-state index contributed by atoms with van der Waals surface area (Å²) in [5.41, 5.74) is -0.861. The molecule has 11 heteroatoms. The molecule has 1 aliphatic heterocycles. The minimum absolute atomic E-state index is 0.00579. The molecule has 3 rings (SSSR count). The van der Waals surface area contributed by atoms with Crippen molar-refractivity contribution >= 4 is 27.3 Å². The van der Waals surface area contributed by atoms with Crippen molar-refractivity contribution in [1.29, 1.82) is 0 Å². The van der Waals surface area contributed by atoms with Crippen LogP contribution in [0, 0.1) is 0 Å². The van der Waals surface area contributed by atoms with E-state index in [1.165, 1.54) is 0 Å². The lowest BCUT2D eigenvalue weighted by Crippen LogP contribution is -2.16. The van der Waals surface area contributed by atoms with E-state index in [9.17, 15) is 21.6 Å². The Morgan fingerprint density at radius 2 is 1.86 bits per heavy atom. The molecule has 0 aromatic heterocycles. The molecular formula is C17H16ClF3N2O4S. The van der Waals surface area contributed by atoms with Gasteiger partial charge in [-0.3, -0.25) is 0 Å². The standard InChI is InChI=1S/C17H16ClF3N2O4S/c18-13-6-10(7-15-16(13)27-5-1-4-26-15)9-23-14-3-2-11(28(22,24)25)8-12(14)17(19,20)21/h2-3,6-8,23H,1,4-5,9H2,(H2,22,24,25). The predicted molar refractivity (Wildman–Crippen MR) is 97.2 cm³/mol. The third-order valence-electron chi connectivity index (χ3n) is 3.97. The highest BCUT2D eigenvalue weighted by molar-refractivity contribution is 7.89. The number of rotatable bonds is 4. The second-order valence-electron chi connectivity index (χ2n) is 6.06. The van der Waals surface area contributed by atoms with Gasteiger partial charge in [-0.25, -0.2) is 13.6 Å². The number of primary sulfonamides is 1. The predicted octanol–water partition coefficient (Wildman–Crippen LogP) is 3.78. The fraction of sp³-hybridized carbons (Fsp3) is 0.294. The van der Waals surface area contributed by atoms with Crippen LogP contribution in [-0.2, 0) is 22.7 Å². The summed E-state index contributed by atoms with van der Waals surface area (Å²) in [6, 6.07) is 5.72. The van der Waals surface area contributed by atoms with Gasteiger partial charge in [0, 0.05) is 18.7 Å². The van der Waals surface area contributed by atoms with Crippen molar-refractivity contribution in [2.45, 2.75) is 24.0 Å². The lowest BCUT2D eigenvalue weighted by atomic mass is 10.1. The van der Waals surface area contributed by atoms with E-state index in [1.54, 1.807) is 12.1 Å². The maximum Gasteiger partial charge on any atom is 0.418 e. The Kier molecular flexibility index (Phi) is 5.64. The second kappa shape index (κ2) is 7.69. The van der Waals surface area contributed by atoms with Crippen LogP contribution in [0.1, 0.15) is 17.5 Å². The molecule has 152 valence electrons. The Bertz CT molecular complexity index is 997. The van der Waals surface area contributed by atoms with Crippen LogP contribution in [0.5, 0.6) is 11.5 Å². The van der Waals surface area contributed by atoms with E-state index in [4.69, 9.17) is 26.2 Å². The van der Waals surface area contributed by atoms with E-state index in [2.05, 4.69) is 5.32 Å². The molecule has 0 unspecified atom stereocenters. The summed E-state index contributed by atoms with van der Waals surface area (Å²) >= 11 is 6.18. The molecule has 2 aromatic rings. The number of anilines is 1. The first kappa shape index (κ1) is 20.6. The number of halogens is 4. The monoisotopic (exact) mass is 436 g/mol. The molecular weight excluding hydrogens is 421 g/mol. The van der Waals surface area contributed by atoms with Gasteiger partial charge in [0.25, 0.3) is 0 Å². The zero-order valence-electron chi connectivity index (χ0n) is 14.3. The van der Waals surface area contributed by atoms with E-state index < -0.39 is 26.7 Å². The molecule has 1 heterocycles. The number of benzene rings is 2. The van der Waals surface area contributed by atoms with E-state index >= 15 is 0 Å². The van der Waals surface area contributed by atoms with Gasteiger partial charge in [-0.15, -0.1) is 0 Å². The van der Waals surface area contributed by atoms with Crippen LogP contribution in [0.3, 0.4) is 0 Å². The van der Waals surface area contributed by atoms with Crippen LogP contribution in [0.25, 0.3) is 0 Å². The average molecular weight is 437 g/mol. The number of hydrogen-bond acceptors (Lipinski definition) is 5. The third kappa shape index (κ3) is 4.62. The molecule has 1 aliphatic rings. The second-order valence-corrected chi connectivity index (χ2v) is 8.03. The molecule has 0 atom stereocenters. The smallest absolute Gasteiger partial charge is 0.418 e. The molecule has 6 nitrogen and oxygen atoms in total. The molecule has 2 aromatic carbocycles. The van der Waals surface area contributed by atoms with Crippen molar-refractivity contribution in [3.63, 3.8) is 0 Å². The zero-order chi connectivity index (χ0) is 20.5. The minimum atomic E-state index is -4.77. The van der Waals surface area contributed by atoms with Crippen molar-refractivity contribution in [2.75, 3.05) is 18.5 Å². The van der Waals surface area contributed by atoms with Crippen molar-refractivity contribution in [1.82, 2.24) is 0 Å². The van der Waals surface area contributed by atoms with E-state index in [-0.39, 0.29) is 17.3 Å². The number of fused-ring (bicyclic) bond motifs is 1. The normalized spacial score (nSPS) is 14.5. The molecule has 0 aliphatic carbocycles.